The third-order valence-corrected chi connectivity index (χ3v) is 5.27. The number of sulfonamides is 1. The van der Waals surface area contributed by atoms with E-state index in [9.17, 15) is 8.42 Å². The molecule has 2 rings (SSSR count). The Morgan fingerprint density at radius 3 is 2.67 bits per heavy atom. The van der Waals surface area contributed by atoms with Crippen molar-refractivity contribution in [2.24, 2.45) is 5.73 Å². The Labute approximate surface area is 115 Å². The van der Waals surface area contributed by atoms with Crippen molar-refractivity contribution in [3.8, 4) is 0 Å². The van der Waals surface area contributed by atoms with Crippen molar-refractivity contribution in [2.45, 2.75) is 11.1 Å². The Bertz CT molecular complexity index is 550. The first-order chi connectivity index (χ1) is 8.43. The monoisotopic (exact) mass is 310 g/mol. The lowest BCUT2D eigenvalue weighted by Crippen LogP contribution is -2.53. The van der Waals surface area contributed by atoms with Crippen molar-refractivity contribution >= 4 is 33.2 Å². The SMILES string of the molecule is NC1COCCN1S(=O)(=O)c1ccc(Cl)c(Cl)c1. The zero-order chi connectivity index (χ0) is 13.3. The van der Waals surface area contributed by atoms with E-state index in [1.54, 1.807) is 0 Å². The molecule has 0 spiro atoms. The molecule has 0 radical (unpaired) electrons. The molecule has 1 aromatic rings. The molecular formula is C10H12Cl2N2O3S. The van der Waals surface area contributed by atoms with Crippen LogP contribution in [0.2, 0.25) is 10.0 Å². The first-order valence-corrected chi connectivity index (χ1v) is 7.43. The summed E-state index contributed by atoms with van der Waals surface area (Å²) in [6, 6.07) is 4.18. The van der Waals surface area contributed by atoms with Crippen molar-refractivity contribution in [2.75, 3.05) is 19.8 Å². The van der Waals surface area contributed by atoms with E-state index in [4.69, 9.17) is 33.7 Å². The Balaban J connectivity index is 2.37. The maximum atomic E-state index is 12.3. The van der Waals surface area contributed by atoms with Gasteiger partial charge in [-0.05, 0) is 18.2 Å². The van der Waals surface area contributed by atoms with E-state index < -0.39 is 16.2 Å². The minimum Gasteiger partial charge on any atom is -0.377 e. The highest BCUT2D eigenvalue weighted by molar-refractivity contribution is 7.89. The average Bonchev–Trinajstić information content (AvgIpc) is 2.33. The topological polar surface area (TPSA) is 72.6 Å². The number of nitrogens with two attached hydrogens (primary N) is 1. The van der Waals surface area contributed by atoms with Crippen LogP contribution in [0.25, 0.3) is 0 Å². The molecule has 1 aromatic carbocycles. The quantitative estimate of drug-likeness (QED) is 0.893. The van der Waals surface area contributed by atoms with Gasteiger partial charge in [0, 0.05) is 6.54 Å². The molecule has 2 N–H and O–H groups in total. The average molecular weight is 311 g/mol. The lowest BCUT2D eigenvalue weighted by molar-refractivity contribution is 0.0350. The highest BCUT2D eigenvalue weighted by atomic mass is 35.5. The summed E-state index contributed by atoms with van der Waals surface area (Å²) in [5.41, 5.74) is 5.73. The van der Waals surface area contributed by atoms with Gasteiger partial charge in [0.15, 0.2) is 0 Å². The van der Waals surface area contributed by atoms with Crippen LogP contribution in [-0.4, -0.2) is 38.6 Å². The van der Waals surface area contributed by atoms with E-state index in [1.165, 1.54) is 22.5 Å². The van der Waals surface area contributed by atoms with Gasteiger partial charge in [0.1, 0.15) is 0 Å². The van der Waals surface area contributed by atoms with E-state index in [2.05, 4.69) is 0 Å². The minimum absolute atomic E-state index is 0.0780. The number of ether oxygens (including phenoxy) is 1. The zero-order valence-corrected chi connectivity index (χ0v) is 11.7. The van der Waals surface area contributed by atoms with Gasteiger partial charge in [0.25, 0.3) is 0 Å². The van der Waals surface area contributed by atoms with Gasteiger partial charge in [0.05, 0.1) is 34.3 Å². The molecule has 0 aromatic heterocycles. The van der Waals surface area contributed by atoms with Crippen LogP contribution in [0.4, 0.5) is 0 Å². The summed E-state index contributed by atoms with van der Waals surface area (Å²) in [4.78, 5) is 0.0780. The maximum Gasteiger partial charge on any atom is 0.244 e. The Morgan fingerprint density at radius 1 is 1.33 bits per heavy atom. The molecule has 1 aliphatic heterocycles. The molecule has 0 aliphatic carbocycles. The van der Waals surface area contributed by atoms with Crippen LogP contribution in [0.15, 0.2) is 23.1 Å². The standard InChI is InChI=1S/C10H12Cl2N2O3S/c11-8-2-1-7(5-9(8)12)18(15,16)14-3-4-17-6-10(14)13/h1-2,5,10H,3-4,6,13H2. The number of hydrogen-bond donors (Lipinski definition) is 1. The summed E-state index contributed by atoms with van der Waals surface area (Å²) >= 11 is 11.6. The Hall–Kier alpha value is -0.370. The summed E-state index contributed by atoms with van der Waals surface area (Å²) in [6.45, 7) is 0.735. The first kappa shape index (κ1) is 14.0. The van der Waals surface area contributed by atoms with Gasteiger partial charge < -0.3 is 10.5 Å². The van der Waals surface area contributed by atoms with Crippen molar-refractivity contribution in [1.29, 1.82) is 0 Å². The second kappa shape index (κ2) is 5.32. The Morgan fingerprint density at radius 2 is 2.06 bits per heavy atom. The maximum absolute atomic E-state index is 12.3. The summed E-state index contributed by atoms with van der Waals surface area (Å²) in [5, 5.41) is 0.501. The fourth-order valence-electron chi connectivity index (χ4n) is 1.68. The molecule has 1 heterocycles. The molecule has 5 nitrogen and oxygen atoms in total. The van der Waals surface area contributed by atoms with Gasteiger partial charge in [0.2, 0.25) is 10.0 Å². The number of morpholine rings is 1. The summed E-state index contributed by atoms with van der Waals surface area (Å²) in [6.07, 6.45) is -0.682. The normalized spacial score (nSPS) is 22.1. The fraction of sp³-hybridized carbons (Fsp3) is 0.400. The number of halogens is 2. The molecule has 1 atom stereocenters. The summed E-state index contributed by atoms with van der Waals surface area (Å²) in [5.74, 6) is 0. The molecule has 8 heteroatoms. The highest BCUT2D eigenvalue weighted by Crippen LogP contribution is 2.27. The van der Waals surface area contributed by atoms with Crippen molar-refractivity contribution in [3.63, 3.8) is 0 Å². The third kappa shape index (κ3) is 2.64. The van der Waals surface area contributed by atoms with Gasteiger partial charge in [-0.1, -0.05) is 23.2 Å². The molecule has 0 bridgehead atoms. The number of rotatable bonds is 2. The predicted octanol–water partition coefficient (Wildman–Crippen LogP) is 1.30. The van der Waals surface area contributed by atoms with Gasteiger partial charge in [-0.2, -0.15) is 4.31 Å². The lowest BCUT2D eigenvalue weighted by Gasteiger charge is -2.31. The number of benzene rings is 1. The smallest absolute Gasteiger partial charge is 0.244 e. The Kier molecular flexibility index (Phi) is 4.15. The molecule has 1 unspecified atom stereocenters. The fourth-order valence-corrected chi connectivity index (χ4v) is 3.55. The molecule has 0 saturated carbocycles. The van der Waals surface area contributed by atoms with E-state index in [0.29, 0.717) is 11.6 Å². The predicted molar refractivity (Wildman–Crippen MR) is 69.1 cm³/mol. The largest absolute Gasteiger partial charge is 0.377 e. The van der Waals surface area contributed by atoms with Crippen LogP contribution in [0.3, 0.4) is 0 Å². The van der Waals surface area contributed by atoms with Gasteiger partial charge in [-0.15, -0.1) is 0 Å². The van der Waals surface area contributed by atoms with Crippen molar-refractivity contribution in [1.82, 2.24) is 4.31 Å². The van der Waals surface area contributed by atoms with Crippen LogP contribution in [0.5, 0.6) is 0 Å². The summed E-state index contributed by atoms with van der Waals surface area (Å²) < 4.78 is 31.0. The molecule has 18 heavy (non-hydrogen) atoms. The van der Waals surface area contributed by atoms with E-state index >= 15 is 0 Å². The van der Waals surface area contributed by atoms with Crippen LogP contribution in [0.1, 0.15) is 0 Å². The molecule has 1 fully saturated rings. The number of hydrogen-bond acceptors (Lipinski definition) is 4. The van der Waals surface area contributed by atoms with Gasteiger partial charge >= 0.3 is 0 Å². The highest BCUT2D eigenvalue weighted by Gasteiger charge is 2.32. The minimum atomic E-state index is -3.67. The van der Waals surface area contributed by atoms with Crippen LogP contribution in [-0.2, 0) is 14.8 Å². The molecule has 1 saturated heterocycles. The van der Waals surface area contributed by atoms with Crippen LogP contribution >= 0.6 is 23.2 Å². The number of nitrogens with zero attached hydrogens (tertiary/aromatic N) is 1. The van der Waals surface area contributed by atoms with E-state index in [0.717, 1.165) is 0 Å². The summed E-state index contributed by atoms with van der Waals surface area (Å²) in [7, 11) is -3.67. The van der Waals surface area contributed by atoms with Gasteiger partial charge in [-0.25, -0.2) is 8.42 Å². The van der Waals surface area contributed by atoms with Crippen molar-refractivity contribution < 1.29 is 13.2 Å². The molecule has 0 amide bonds. The second-order valence-corrected chi connectivity index (χ2v) is 6.54. The van der Waals surface area contributed by atoms with Gasteiger partial charge in [-0.3, -0.25) is 0 Å². The molecule has 1 aliphatic rings. The third-order valence-electron chi connectivity index (χ3n) is 2.61. The van der Waals surface area contributed by atoms with E-state index in [-0.39, 0.29) is 23.1 Å². The zero-order valence-electron chi connectivity index (χ0n) is 9.34. The first-order valence-electron chi connectivity index (χ1n) is 5.23. The molecule has 100 valence electrons. The van der Waals surface area contributed by atoms with Crippen molar-refractivity contribution in [3.05, 3.63) is 28.2 Å². The lowest BCUT2D eigenvalue weighted by atomic mass is 10.4. The van der Waals surface area contributed by atoms with Crippen LogP contribution in [0, 0.1) is 0 Å². The molecular weight excluding hydrogens is 299 g/mol. The van der Waals surface area contributed by atoms with Crippen LogP contribution < -0.4 is 5.73 Å². The van der Waals surface area contributed by atoms with E-state index in [1.807, 2.05) is 0 Å². The second-order valence-electron chi connectivity index (χ2n) is 3.83.